The van der Waals surface area contributed by atoms with Crippen LogP contribution in [0.1, 0.15) is 9.75 Å². The van der Waals surface area contributed by atoms with Crippen molar-refractivity contribution < 1.29 is 0 Å². The Kier molecular flexibility index (Phi) is 3.33. The molecule has 0 fully saturated rings. The first-order chi connectivity index (χ1) is 9.26. The molecule has 98 valence electrons. The fraction of sp³-hybridized carbons (Fsp3) is 0.167. The van der Waals surface area contributed by atoms with Gasteiger partial charge in [-0.25, -0.2) is 10.8 Å². The number of nitrogen functional groups attached to an aromatic ring is 1. The van der Waals surface area contributed by atoms with E-state index < -0.39 is 0 Å². The van der Waals surface area contributed by atoms with Crippen LogP contribution in [-0.2, 0) is 6.54 Å². The topological polar surface area (TPSA) is 75.9 Å². The lowest BCUT2D eigenvalue weighted by Gasteiger charge is -2.07. The molecule has 4 N–H and O–H groups in total. The molecule has 3 aromatic rings. The number of hydrogen-bond acceptors (Lipinski definition) is 7. The molecular weight excluding hydrogens is 278 g/mol. The van der Waals surface area contributed by atoms with Gasteiger partial charge >= 0.3 is 0 Å². The average molecular weight is 291 g/mol. The van der Waals surface area contributed by atoms with Gasteiger partial charge in [-0.3, -0.25) is 5.43 Å². The molecule has 0 aliphatic heterocycles. The van der Waals surface area contributed by atoms with Crippen LogP contribution in [0, 0.1) is 6.92 Å². The summed E-state index contributed by atoms with van der Waals surface area (Å²) >= 11 is 3.35. The molecule has 0 aromatic carbocycles. The van der Waals surface area contributed by atoms with E-state index >= 15 is 0 Å². The number of hydrogen-bond donors (Lipinski definition) is 3. The van der Waals surface area contributed by atoms with Gasteiger partial charge in [0, 0.05) is 9.75 Å². The van der Waals surface area contributed by atoms with Crippen molar-refractivity contribution in [2.24, 2.45) is 5.84 Å². The van der Waals surface area contributed by atoms with E-state index in [0.717, 1.165) is 22.6 Å². The number of hydrazine groups is 1. The molecule has 0 aliphatic carbocycles. The molecule has 19 heavy (non-hydrogen) atoms. The van der Waals surface area contributed by atoms with Crippen molar-refractivity contribution in [2.75, 3.05) is 10.7 Å². The van der Waals surface area contributed by atoms with Crippen molar-refractivity contribution in [3.63, 3.8) is 0 Å². The fourth-order valence-electron chi connectivity index (χ4n) is 1.83. The smallest absolute Gasteiger partial charge is 0.240 e. The number of fused-ring (bicyclic) bond motifs is 1. The number of thiophene rings is 2. The standard InChI is InChI=1S/C12H13N5S2/c1-7-5-9-10(14-6-8-3-2-4-18-8)15-12(17-13)16-11(9)19-7/h2-5H,6,13H2,1H3,(H2,14,15,16,17). The van der Waals surface area contributed by atoms with Gasteiger partial charge in [0.15, 0.2) is 0 Å². The number of aromatic nitrogens is 2. The Morgan fingerprint density at radius 2 is 2.26 bits per heavy atom. The first-order valence-corrected chi connectivity index (χ1v) is 7.47. The van der Waals surface area contributed by atoms with E-state index in [0.29, 0.717) is 5.95 Å². The van der Waals surface area contributed by atoms with Crippen molar-refractivity contribution in [3.8, 4) is 0 Å². The van der Waals surface area contributed by atoms with Crippen LogP contribution in [-0.4, -0.2) is 9.97 Å². The molecule has 0 aliphatic rings. The number of rotatable bonds is 4. The summed E-state index contributed by atoms with van der Waals surface area (Å²) < 4.78 is 0. The highest BCUT2D eigenvalue weighted by Gasteiger charge is 2.10. The zero-order valence-corrected chi connectivity index (χ0v) is 11.9. The third kappa shape index (κ3) is 2.53. The average Bonchev–Trinajstić information content (AvgIpc) is 3.03. The maximum atomic E-state index is 5.41. The fourth-order valence-corrected chi connectivity index (χ4v) is 3.35. The molecule has 7 heteroatoms. The predicted molar refractivity (Wildman–Crippen MR) is 81.6 cm³/mol. The predicted octanol–water partition coefficient (Wildman–Crippen LogP) is 2.96. The highest BCUT2D eigenvalue weighted by atomic mass is 32.1. The van der Waals surface area contributed by atoms with E-state index in [9.17, 15) is 0 Å². The number of nitrogens with zero attached hydrogens (tertiary/aromatic N) is 2. The van der Waals surface area contributed by atoms with Crippen LogP contribution in [0.4, 0.5) is 11.8 Å². The van der Waals surface area contributed by atoms with Gasteiger partial charge in [0.05, 0.1) is 11.9 Å². The molecule has 0 radical (unpaired) electrons. The monoisotopic (exact) mass is 291 g/mol. The summed E-state index contributed by atoms with van der Waals surface area (Å²) in [7, 11) is 0. The van der Waals surface area contributed by atoms with Crippen LogP contribution in [0.3, 0.4) is 0 Å². The zero-order valence-electron chi connectivity index (χ0n) is 10.3. The second-order valence-electron chi connectivity index (χ2n) is 4.05. The van der Waals surface area contributed by atoms with E-state index in [1.165, 1.54) is 9.75 Å². The molecule has 0 saturated carbocycles. The third-order valence-corrected chi connectivity index (χ3v) is 4.48. The molecule has 3 aromatic heterocycles. The van der Waals surface area contributed by atoms with E-state index in [1.54, 1.807) is 22.7 Å². The van der Waals surface area contributed by atoms with Gasteiger partial charge in [0.2, 0.25) is 5.95 Å². The molecule has 0 amide bonds. The summed E-state index contributed by atoms with van der Waals surface area (Å²) in [6.07, 6.45) is 0. The van der Waals surface area contributed by atoms with Gasteiger partial charge in [-0.2, -0.15) is 4.98 Å². The molecule has 0 saturated heterocycles. The van der Waals surface area contributed by atoms with E-state index in [4.69, 9.17) is 5.84 Å². The van der Waals surface area contributed by atoms with Crippen LogP contribution < -0.4 is 16.6 Å². The Labute approximate surface area is 118 Å². The molecule has 0 unspecified atom stereocenters. The molecule has 3 rings (SSSR count). The van der Waals surface area contributed by atoms with Crippen LogP contribution in [0.5, 0.6) is 0 Å². The number of nitrogens with two attached hydrogens (primary N) is 1. The second-order valence-corrected chi connectivity index (χ2v) is 6.32. The summed E-state index contributed by atoms with van der Waals surface area (Å²) in [5.41, 5.74) is 2.51. The van der Waals surface area contributed by atoms with E-state index in [2.05, 4.69) is 45.1 Å². The van der Waals surface area contributed by atoms with Crippen LogP contribution in [0.2, 0.25) is 0 Å². The van der Waals surface area contributed by atoms with Crippen LogP contribution >= 0.6 is 22.7 Å². The van der Waals surface area contributed by atoms with Gasteiger partial charge in [0.25, 0.3) is 0 Å². The second kappa shape index (κ2) is 5.12. The number of nitrogens with one attached hydrogen (secondary N) is 2. The van der Waals surface area contributed by atoms with Gasteiger partial charge in [-0.15, -0.1) is 22.7 Å². The molecule has 5 nitrogen and oxygen atoms in total. The summed E-state index contributed by atoms with van der Waals surface area (Å²) in [6.45, 7) is 2.81. The van der Waals surface area contributed by atoms with Crippen LogP contribution in [0.15, 0.2) is 23.6 Å². The van der Waals surface area contributed by atoms with Crippen molar-refractivity contribution in [1.82, 2.24) is 9.97 Å². The minimum Gasteiger partial charge on any atom is -0.364 e. The third-order valence-electron chi connectivity index (χ3n) is 2.66. The SMILES string of the molecule is Cc1cc2c(NCc3cccs3)nc(NN)nc2s1. The van der Waals surface area contributed by atoms with Gasteiger partial charge in [0.1, 0.15) is 10.6 Å². The highest BCUT2D eigenvalue weighted by Crippen LogP contribution is 2.29. The zero-order chi connectivity index (χ0) is 13.2. The molecule has 0 atom stereocenters. The first-order valence-electron chi connectivity index (χ1n) is 5.77. The quantitative estimate of drug-likeness (QED) is 0.509. The van der Waals surface area contributed by atoms with Gasteiger partial charge < -0.3 is 5.32 Å². The maximum Gasteiger partial charge on any atom is 0.240 e. The van der Waals surface area contributed by atoms with E-state index in [1.807, 2.05) is 6.07 Å². The largest absolute Gasteiger partial charge is 0.364 e. The maximum absolute atomic E-state index is 5.41. The Hall–Kier alpha value is -1.70. The van der Waals surface area contributed by atoms with Crippen molar-refractivity contribution in [3.05, 3.63) is 33.3 Å². The van der Waals surface area contributed by atoms with Crippen LogP contribution in [0.25, 0.3) is 10.2 Å². The lowest BCUT2D eigenvalue weighted by molar-refractivity contribution is 1.11. The van der Waals surface area contributed by atoms with Crippen molar-refractivity contribution >= 4 is 44.7 Å². The van der Waals surface area contributed by atoms with Crippen molar-refractivity contribution in [1.29, 1.82) is 0 Å². The normalized spacial score (nSPS) is 10.8. The summed E-state index contributed by atoms with van der Waals surface area (Å²) in [6, 6.07) is 6.23. The number of aryl methyl sites for hydroxylation is 1. The Balaban J connectivity index is 1.96. The van der Waals surface area contributed by atoms with Crippen molar-refractivity contribution in [2.45, 2.75) is 13.5 Å². The van der Waals surface area contributed by atoms with Gasteiger partial charge in [-0.05, 0) is 24.4 Å². The molecule has 0 spiro atoms. The minimum atomic E-state index is 0.433. The Morgan fingerprint density at radius 3 is 3.00 bits per heavy atom. The molecule has 0 bridgehead atoms. The Bertz CT molecular complexity index is 690. The number of anilines is 2. The summed E-state index contributed by atoms with van der Waals surface area (Å²) in [5.74, 6) is 6.66. The van der Waals surface area contributed by atoms with E-state index in [-0.39, 0.29) is 0 Å². The molecular formula is C12H13N5S2. The lowest BCUT2D eigenvalue weighted by atomic mass is 10.3. The van der Waals surface area contributed by atoms with Gasteiger partial charge in [-0.1, -0.05) is 6.07 Å². The lowest BCUT2D eigenvalue weighted by Crippen LogP contribution is -2.11. The summed E-state index contributed by atoms with van der Waals surface area (Å²) in [4.78, 5) is 12.1. The molecule has 3 heterocycles. The first kappa shape index (κ1) is 12.3. The Morgan fingerprint density at radius 1 is 1.37 bits per heavy atom. The minimum absolute atomic E-state index is 0.433. The highest BCUT2D eigenvalue weighted by molar-refractivity contribution is 7.18. The summed E-state index contributed by atoms with van der Waals surface area (Å²) in [5, 5.41) is 6.45.